The molecule has 0 aromatic carbocycles. The molecule has 1 fully saturated rings. The zero-order chi connectivity index (χ0) is 9.26. The first-order chi connectivity index (χ1) is 6.25. The van der Waals surface area contributed by atoms with Gasteiger partial charge in [0, 0.05) is 12.5 Å². The Morgan fingerprint density at radius 2 is 2.38 bits per heavy atom. The van der Waals surface area contributed by atoms with Gasteiger partial charge < -0.3 is 10.1 Å². The smallest absolute Gasteiger partial charge is 0.286 e. The van der Waals surface area contributed by atoms with Gasteiger partial charge in [0.2, 0.25) is 0 Å². The third-order valence-corrected chi connectivity index (χ3v) is 2.64. The van der Waals surface area contributed by atoms with Gasteiger partial charge in [0.15, 0.2) is 5.76 Å². The molecule has 0 unspecified atom stereocenters. The normalized spacial score (nSPS) is 31.6. The lowest BCUT2D eigenvalue weighted by molar-refractivity contribution is -0.122. The fraction of sp³-hybridized carbons (Fsp3) is 0.700. The molecule has 0 saturated heterocycles. The van der Waals surface area contributed by atoms with Crippen LogP contribution in [-0.4, -0.2) is 18.6 Å². The van der Waals surface area contributed by atoms with Gasteiger partial charge in [-0.05, 0) is 24.8 Å². The number of amides is 1. The molecule has 3 nitrogen and oxygen atoms in total. The summed E-state index contributed by atoms with van der Waals surface area (Å²) in [6, 6.07) is 0.382. The van der Waals surface area contributed by atoms with E-state index in [0.717, 1.165) is 25.2 Å². The van der Waals surface area contributed by atoms with Gasteiger partial charge in [0.05, 0.1) is 6.61 Å². The second-order valence-electron chi connectivity index (χ2n) is 3.95. The lowest BCUT2D eigenvalue weighted by Crippen LogP contribution is -2.44. The van der Waals surface area contributed by atoms with Crippen molar-refractivity contribution in [3.63, 3.8) is 0 Å². The lowest BCUT2D eigenvalue weighted by atomic mass is 9.82. The first-order valence-corrected chi connectivity index (χ1v) is 4.89. The van der Waals surface area contributed by atoms with Crippen molar-refractivity contribution in [2.45, 2.75) is 32.2 Å². The average Bonchev–Trinajstić information content (AvgIpc) is 2.53. The summed E-state index contributed by atoms with van der Waals surface area (Å²) in [6.07, 6.45) is 4.94. The molecule has 3 heteroatoms. The van der Waals surface area contributed by atoms with Crippen LogP contribution in [0.3, 0.4) is 0 Å². The van der Waals surface area contributed by atoms with Crippen molar-refractivity contribution in [1.82, 2.24) is 5.32 Å². The molecule has 2 aliphatic rings. The highest BCUT2D eigenvalue weighted by Crippen LogP contribution is 2.26. The van der Waals surface area contributed by atoms with Crippen LogP contribution in [0.4, 0.5) is 0 Å². The summed E-state index contributed by atoms with van der Waals surface area (Å²) in [7, 11) is 0. The van der Waals surface area contributed by atoms with Gasteiger partial charge in [-0.2, -0.15) is 0 Å². The third-order valence-electron chi connectivity index (χ3n) is 2.64. The van der Waals surface area contributed by atoms with E-state index >= 15 is 0 Å². The van der Waals surface area contributed by atoms with E-state index < -0.39 is 0 Å². The van der Waals surface area contributed by atoms with Gasteiger partial charge >= 0.3 is 0 Å². The largest absolute Gasteiger partial charge is 0.488 e. The van der Waals surface area contributed by atoms with Gasteiger partial charge in [0.25, 0.3) is 5.91 Å². The molecule has 72 valence electrons. The van der Waals surface area contributed by atoms with E-state index in [4.69, 9.17) is 4.74 Å². The van der Waals surface area contributed by atoms with Crippen molar-refractivity contribution in [1.29, 1.82) is 0 Å². The summed E-state index contributed by atoms with van der Waals surface area (Å²) in [4.78, 5) is 11.5. The van der Waals surface area contributed by atoms with E-state index in [-0.39, 0.29) is 5.91 Å². The standard InChI is InChI=1S/C10H15NO2/c1-7-5-8(6-7)11-10(12)9-3-2-4-13-9/h3,7-8H,2,4-6H2,1H3,(H,11,12). The van der Waals surface area contributed by atoms with Crippen molar-refractivity contribution >= 4 is 5.91 Å². The molecule has 2 rings (SSSR count). The van der Waals surface area contributed by atoms with E-state index in [2.05, 4.69) is 12.2 Å². The van der Waals surface area contributed by atoms with Crippen molar-refractivity contribution < 1.29 is 9.53 Å². The second kappa shape index (κ2) is 3.40. The Morgan fingerprint density at radius 3 is 2.92 bits per heavy atom. The zero-order valence-corrected chi connectivity index (χ0v) is 7.88. The summed E-state index contributed by atoms with van der Waals surface area (Å²) >= 11 is 0. The van der Waals surface area contributed by atoms with Gasteiger partial charge in [-0.3, -0.25) is 4.79 Å². The maximum absolute atomic E-state index is 11.5. The first kappa shape index (κ1) is 8.60. The van der Waals surface area contributed by atoms with Crippen molar-refractivity contribution in [2.24, 2.45) is 5.92 Å². The van der Waals surface area contributed by atoms with E-state index in [1.54, 1.807) is 0 Å². The van der Waals surface area contributed by atoms with Crippen LogP contribution >= 0.6 is 0 Å². The van der Waals surface area contributed by atoms with Crippen molar-refractivity contribution in [3.05, 3.63) is 11.8 Å². The van der Waals surface area contributed by atoms with Gasteiger partial charge in [-0.25, -0.2) is 0 Å². The molecule has 1 saturated carbocycles. The van der Waals surface area contributed by atoms with Crippen molar-refractivity contribution in [2.75, 3.05) is 6.61 Å². The van der Waals surface area contributed by atoms with Crippen LogP contribution < -0.4 is 5.32 Å². The Labute approximate surface area is 78.1 Å². The highest BCUT2D eigenvalue weighted by molar-refractivity contribution is 5.91. The SMILES string of the molecule is CC1CC(NC(=O)C2=CCCO2)C1. The summed E-state index contributed by atoms with van der Waals surface area (Å²) in [5.41, 5.74) is 0. The number of hydrogen-bond acceptors (Lipinski definition) is 2. The minimum atomic E-state index is -0.0330. The molecule has 0 aromatic heterocycles. The van der Waals surface area contributed by atoms with E-state index in [9.17, 15) is 4.79 Å². The minimum Gasteiger partial charge on any atom is -0.488 e. The first-order valence-electron chi connectivity index (χ1n) is 4.89. The van der Waals surface area contributed by atoms with Crippen LogP contribution in [0.5, 0.6) is 0 Å². The van der Waals surface area contributed by atoms with Gasteiger partial charge in [0.1, 0.15) is 0 Å². The quantitative estimate of drug-likeness (QED) is 0.695. The summed E-state index contributed by atoms with van der Waals surface area (Å²) in [6.45, 7) is 2.86. The maximum atomic E-state index is 11.5. The molecule has 0 spiro atoms. The van der Waals surface area contributed by atoms with Crippen molar-refractivity contribution in [3.8, 4) is 0 Å². The Morgan fingerprint density at radius 1 is 1.62 bits per heavy atom. The zero-order valence-electron chi connectivity index (χ0n) is 7.88. The molecule has 0 aromatic rings. The molecule has 1 heterocycles. The Hall–Kier alpha value is -0.990. The molecule has 1 aliphatic heterocycles. The van der Waals surface area contributed by atoms with Gasteiger partial charge in [-0.15, -0.1) is 0 Å². The lowest BCUT2D eigenvalue weighted by Gasteiger charge is -2.33. The molecule has 0 radical (unpaired) electrons. The fourth-order valence-electron chi connectivity index (χ4n) is 1.85. The summed E-state index contributed by atoms with van der Waals surface area (Å²) in [5, 5.41) is 2.96. The van der Waals surface area contributed by atoms with Crippen LogP contribution in [0.25, 0.3) is 0 Å². The summed E-state index contributed by atoms with van der Waals surface area (Å²) in [5.74, 6) is 1.25. The third kappa shape index (κ3) is 1.85. The highest BCUT2D eigenvalue weighted by Gasteiger charge is 2.28. The second-order valence-corrected chi connectivity index (χ2v) is 3.95. The summed E-state index contributed by atoms with van der Waals surface area (Å²) < 4.78 is 5.16. The molecule has 0 atom stereocenters. The van der Waals surface area contributed by atoms with Gasteiger partial charge in [-0.1, -0.05) is 6.92 Å². The Balaban J connectivity index is 1.78. The predicted octanol–water partition coefficient (Wildman–Crippen LogP) is 1.21. The van der Waals surface area contributed by atoms with E-state index in [1.165, 1.54) is 0 Å². The topological polar surface area (TPSA) is 38.3 Å². The fourth-order valence-corrected chi connectivity index (χ4v) is 1.85. The van der Waals surface area contributed by atoms with Crippen LogP contribution in [0.15, 0.2) is 11.8 Å². The Bertz CT molecular complexity index is 241. The molecule has 0 bridgehead atoms. The number of ether oxygens (including phenoxy) is 1. The molecule has 13 heavy (non-hydrogen) atoms. The average molecular weight is 181 g/mol. The molecular formula is C10H15NO2. The molecule has 1 aliphatic carbocycles. The number of carbonyl (C=O) groups excluding carboxylic acids is 1. The maximum Gasteiger partial charge on any atom is 0.286 e. The molecule has 1 N–H and O–H groups in total. The van der Waals surface area contributed by atoms with E-state index in [1.807, 2.05) is 6.08 Å². The number of carbonyl (C=O) groups is 1. The van der Waals surface area contributed by atoms with E-state index in [0.29, 0.717) is 18.4 Å². The monoisotopic (exact) mass is 181 g/mol. The van der Waals surface area contributed by atoms with Crippen LogP contribution in [-0.2, 0) is 9.53 Å². The number of rotatable bonds is 2. The van der Waals surface area contributed by atoms with Crippen LogP contribution in [0.2, 0.25) is 0 Å². The Kier molecular flexibility index (Phi) is 2.25. The van der Waals surface area contributed by atoms with Crippen LogP contribution in [0, 0.1) is 5.92 Å². The minimum absolute atomic E-state index is 0.0330. The molecule has 1 amide bonds. The number of hydrogen-bond donors (Lipinski definition) is 1. The van der Waals surface area contributed by atoms with Crippen LogP contribution in [0.1, 0.15) is 26.2 Å². The number of nitrogens with one attached hydrogen (secondary N) is 1. The predicted molar refractivity (Wildman–Crippen MR) is 49.0 cm³/mol. The highest BCUT2D eigenvalue weighted by atomic mass is 16.5. The molecular weight excluding hydrogens is 166 g/mol.